The second-order valence-electron chi connectivity index (χ2n) is 5.97. The third-order valence-corrected chi connectivity index (χ3v) is 4.92. The molecule has 0 saturated carbocycles. The fourth-order valence-corrected chi connectivity index (χ4v) is 3.50. The number of nitrogens with one attached hydrogen (secondary N) is 1. The number of aromatic nitrogens is 1. The van der Waals surface area contributed by atoms with Crippen LogP contribution in [0.3, 0.4) is 0 Å². The number of ether oxygens (including phenoxy) is 3. The predicted molar refractivity (Wildman–Crippen MR) is 111 cm³/mol. The molecule has 29 heavy (non-hydrogen) atoms. The van der Waals surface area contributed by atoms with Crippen molar-refractivity contribution >= 4 is 28.9 Å². The van der Waals surface area contributed by atoms with E-state index in [1.54, 1.807) is 18.2 Å². The van der Waals surface area contributed by atoms with E-state index < -0.39 is 18.5 Å². The lowest BCUT2D eigenvalue weighted by Crippen LogP contribution is -2.20. The number of amides is 1. The molecule has 0 radical (unpaired) electrons. The topological polar surface area (TPSA) is 86.8 Å². The van der Waals surface area contributed by atoms with Gasteiger partial charge in [0.2, 0.25) is 0 Å². The highest BCUT2D eigenvalue weighted by Gasteiger charge is 2.20. The Labute approximate surface area is 172 Å². The van der Waals surface area contributed by atoms with Crippen molar-refractivity contribution in [3.8, 4) is 22.8 Å². The molecule has 8 heteroatoms. The summed E-state index contributed by atoms with van der Waals surface area (Å²) in [6.07, 6.45) is 0. The molecule has 0 fully saturated rings. The molecule has 1 amide bonds. The van der Waals surface area contributed by atoms with Crippen LogP contribution in [0.4, 0.5) is 5.69 Å². The SMILES string of the molecule is COc1ccc(NC(=O)COC(=O)c2sc(C)nc2-c2ccccc2)cc1OC. The lowest BCUT2D eigenvalue weighted by molar-refractivity contribution is -0.119. The van der Waals surface area contributed by atoms with Crippen LogP contribution < -0.4 is 14.8 Å². The molecule has 0 spiro atoms. The van der Waals surface area contributed by atoms with Crippen molar-refractivity contribution < 1.29 is 23.8 Å². The van der Waals surface area contributed by atoms with Crippen LogP contribution in [0, 0.1) is 6.92 Å². The second kappa shape index (κ2) is 9.20. The number of carbonyl (C=O) groups excluding carboxylic acids is 2. The van der Waals surface area contributed by atoms with Gasteiger partial charge in [-0.15, -0.1) is 11.3 Å². The largest absolute Gasteiger partial charge is 0.493 e. The third kappa shape index (κ3) is 4.91. The van der Waals surface area contributed by atoms with E-state index in [1.165, 1.54) is 25.6 Å². The molecule has 7 nitrogen and oxygen atoms in total. The zero-order chi connectivity index (χ0) is 20.8. The number of nitrogens with zero attached hydrogens (tertiary/aromatic N) is 1. The Morgan fingerprint density at radius 2 is 1.76 bits per heavy atom. The summed E-state index contributed by atoms with van der Waals surface area (Å²) in [5.41, 5.74) is 1.87. The van der Waals surface area contributed by atoms with Gasteiger partial charge in [-0.2, -0.15) is 0 Å². The van der Waals surface area contributed by atoms with E-state index >= 15 is 0 Å². The third-order valence-electron chi connectivity index (χ3n) is 3.97. The fraction of sp³-hybridized carbons (Fsp3) is 0.190. The molecule has 2 aromatic carbocycles. The lowest BCUT2D eigenvalue weighted by Gasteiger charge is -2.10. The summed E-state index contributed by atoms with van der Waals surface area (Å²) in [5, 5.41) is 3.40. The van der Waals surface area contributed by atoms with Crippen LogP contribution in [0.15, 0.2) is 48.5 Å². The second-order valence-corrected chi connectivity index (χ2v) is 7.17. The smallest absolute Gasteiger partial charge is 0.351 e. The monoisotopic (exact) mass is 412 g/mol. The number of anilines is 1. The van der Waals surface area contributed by atoms with Crippen LogP contribution in [0.1, 0.15) is 14.7 Å². The highest BCUT2D eigenvalue weighted by Crippen LogP contribution is 2.30. The number of rotatable bonds is 7. The standard InChI is InChI=1S/C21H20N2O5S/c1-13-22-19(14-7-5-4-6-8-14)20(29-13)21(25)28-12-18(24)23-15-9-10-16(26-2)17(11-15)27-3/h4-11H,12H2,1-3H3,(H,23,24). The maximum atomic E-state index is 12.5. The summed E-state index contributed by atoms with van der Waals surface area (Å²) < 4.78 is 15.6. The van der Waals surface area contributed by atoms with E-state index in [9.17, 15) is 9.59 Å². The van der Waals surface area contributed by atoms with Gasteiger partial charge in [-0.25, -0.2) is 9.78 Å². The molecule has 1 heterocycles. The first-order valence-corrected chi connectivity index (χ1v) is 9.55. The molecule has 150 valence electrons. The van der Waals surface area contributed by atoms with Crippen molar-refractivity contribution in [1.82, 2.24) is 4.98 Å². The van der Waals surface area contributed by atoms with Gasteiger partial charge in [0.05, 0.1) is 24.9 Å². The number of esters is 1. The van der Waals surface area contributed by atoms with Crippen molar-refractivity contribution in [3.05, 3.63) is 58.4 Å². The van der Waals surface area contributed by atoms with Crippen LogP contribution in [0.2, 0.25) is 0 Å². The normalized spacial score (nSPS) is 10.3. The van der Waals surface area contributed by atoms with Gasteiger partial charge in [-0.3, -0.25) is 4.79 Å². The fourth-order valence-electron chi connectivity index (χ4n) is 2.66. The Balaban J connectivity index is 1.65. The number of hydrogen-bond donors (Lipinski definition) is 1. The van der Waals surface area contributed by atoms with E-state index in [0.717, 1.165) is 10.6 Å². The van der Waals surface area contributed by atoms with Crippen LogP contribution in [-0.4, -0.2) is 37.7 Å². The molecule has 0 aliphatic carbocycles. The zero-order valence-electron chi connectivity index (χ0n) is 16.2. The maximum absolute atomic E-state index is 12.5. The molecule has 3 rings (SSSR count). The van der Waals surface area contributed by atoms with Gasteiger partial charge in [-0.05, 0) is 19.1 Å². The number of aryl methyl sites for hydroxylation is 1. The van der Waals surface area contributed by atoms with E-state index in [2.05, 4.69) is 10.3 Å². The summed E-state index contributed by atoms with van der Waals surface area (Å²) in [6, 6.07) is 14.3. The highest BCUT2D eigenvalue weighted by molar-refractivity contribution is 7.14. The van der Waals surface area contributed by atoms with E-state index in [1.807, 2.05) is 37.3 Å². The Morgan fingerprint density at radius 3 is 2.45 bits per heavy atom. The molecule has 1 aromatic heterocycles. The number of carbonyl (C=O) groups is 2. The predicted octanol–water partition coefficient (Wildman–Crippen LogP) is 3.93. The molecule has 1 N–H and O–H groups in total. The number of hydrogen-bond acceptors (Lipinski definition) is 7. The molecular weight excluding hydrogens is 392 g/mol. The quantitative estimate of drug-likeness (QED) is 0.592. The van der Waals surface area contributed by atoms with Crippen molar-refractivity contribution in [3.63, 3.8) is 0 Å². The average molecular weight is 412 g/mol. The van der Waals surface area contributed by atoms with Crippen molar-refractivity contribution in [1.29, 1.82) is 0 Å². The number of benzene rings is 2. The minimum absolute atomic E-state index is 0.368. The van der Waals surface area contributed by atoms with Gasteiger partial charge in [0.25, 0.3) is 5.91 Å². The van der Waals surface area contributed by atoms with Crippen LogP contribution in [0.25, 0.3) is 11.3 Å². The molecule has 0 unspecified atom stereocenters. The van der Waals surface area contributed by atoms with Gasteiger partial charge < -0.3 is 19.5 Å². The summed E-state index contributed by atoms with van der Waals surface area (Å²) in [7, 11) is 3.03. The van der Waals surface area contributed by atoms with Crippen LogP contribution in [0.5, 0.6) is 11.5 Å². The molecule has 0 atom stereocenters. The van der Waals surface area contributed by atoms with Gasteiger partial charge in [0.1, 0.15) is 4.88 Å². The molecule has 0 aliphatic rings. The van der Waals surface area contributed by atoms with E-state index in [0.29, 0.717) is 27.8 Å². The summed E-state index contributed by atoms with van der Waals surface area (Å²) in [5.74, 6) is -0.0224. The minimum atomic E-state index is -0.586. The van der Waals surface area contributed by atoms with E-state index in [-0.39, 0.29) is 0 Å². The van der Waals surface area contributed by atoms with Crippen molar-refractivity contribution in [2.45, 2.75) is 6.92 Å². The maximum Gasteiger partial charge on any atom is 0.351 e. The molecule has 0 aliphatic heterocycles. The molecule has 0 saturated heterocycles. The van der Waals surface area contributed by atoms with Gasteiger partial charge in [-0.1, -0.05) is 30.3 Å². The average Bonchev–Trinajstić information content (AvgIpc) is 3.14. The lowest BCUT2D eigenvalue weighted by atomic mass is 10.1. The van der Waals surface area contributed by atoms with Crippen LogP contribution >= 0.6 is 11.3 Å². The summed E-state index contributed by atoms with van der Waals surface area (Å²) in [4.78, 5) is 29.5. The summed E-state index contributed by atoms with van der Waals surface area (Å²) >= 11 is 1.23. The Hall–Kier alpha value is -3.39. The molecule has 3 aromatic rings. The zero-order valence-corrected chi connectivity index (χ0v) is 17.0. The van der Waals surface area contributed by atoms with Crippen molar-refractivity contribution in [2.75, 3.05) is 26.1 Å². The first-order chi connectivity index (χ1) is 14.0. The van der Waals surface area contributed by atoms with Gasteiger partial charge in [0, 0.05) is 17.3 Å². The Kier molecular flexibility index (Phi) is 6.46. The van der Waals surface area contributed by atoms with Gasteiger partial charge >= 0.3 is 5.97 Å². The summed E-state index contributed by atoms with van der Waals surface area (Å²) in [6.45, 7) is 1.40. The first kappa shape index (κ1) is 20.3. The number of methoxy groups -OCH3 is 2. The van der Waals surface area contributed by atoms with Gasteiger partial charge in [0.15, 0.2) is 18.1 Å². The Morgan fingerprint density at radius 1 is 1.03 bits per heavy atom. The molecule has 0 bridgehead atoms. The number of thiazole rings is 1. The Bertz CT molecular complexity index is 1020. The highest BCUT2D eigenvalue weighted by atomic mass is 32.1. The minimum Gasteiger partial charge on any atom is -0.493 e. The molecular formula is C21H20N2O5S. The first-order valence-electron chi connectivity index (χ1n) is 8.73. The van der Waals surface area contributed by atoms with E-state index in [4.69, 9.17) is 14.2 Å². The van der Waals surface area contributed by atoms with Crippen LogP contribution in [-0.2, 0) is 9.53 Å². The van der Waals surface area contributed by atoms with Crippen molar-refractivity contribution in [2.24, 2.45) is 0 Å².